The van der Waals surface area contributed by atoms with Crippen molar-refractivity contribution in [1.82, 2.24) is 19.6 Å². The number of nitrogens with zero attached hydrogens (tertiary/aromatic N) is 4. The number of nitrogen functional groups attached to an aromatic ring is 1. The minimum absolute atomic E-state index is 0.312. The minimum Gasteiger partial charge on any atom is -0.368 e. The van der Waals surface area contributed by atoms with E-state index in [1.807, 2.05) is 60.7 Å². The van der Waals surface area contributed by atoms with E-state index in [0.29, 0.717) is 17.4 Å². The Labute approximate surface area is 140 Å². The number of benzene rings is 2. The number of hydrogen-bond acceptors (Lipinski definition) is 4. The first-order valence-corrected chi connectivity index (χ1v) is 7.85. The number of nitrogens with two attached hydrogens (primary N) is 1. The summed E-state index contributed by atoms with van der Waals surface area (Å²) in [7, 11) is 0. The van der Waals surface area contributed by atoms with Crippen molar-refractivity contribution in [3.05, 3.63) is 65.1 Å². The highest BCUT2D eigenvalue weighted by Crippen LogP contribution is 2.24. The van der Waals surface area contributed by atoms with Crippen LogP contribution < -0.4 is 5.73 Å². The van der Waals surface area contributed by atoms with Crippen molar-refractivity contribution in [2.75, 3.05) is 5.73 Å². The molecule has 2 N–H and O–H groups in total. The zero-order valence-electron chi connectivity index (χ0n) is 12.0. The van der Waals surface area contributed by atoms with E-state index in [1.165, 1.54) is 0 Å². The van der Waals surface area contributed by atoms with Gasteiger partial charge in [0.2, 0.25) is 5.95 Å². The van der Waals surface area contributed by atoms with Crippen molar-refractivity contribution in [3.8, 4) is 22.6 Å². The van der Waals surface area contributed by atoms with Gasteiger partial charge in [0, 0.05) is 21.7 Å². The Balaban J connectivity index is 1.88. The first-order chi connectivity index (χ1) is 11.2. The maximum absolute atomic E-state index is 6.06. The third kappa shape index (κ3) is 2.57. The zero-order chi connectivity index (χ0) is 15.8. The minimum atomic E-state index is 0.312. The molecule has 2 aromatic carbocycles. The molecule has 0 atom stereocenters. The summed E-state index contributed by atoms with van der Waals surface area (Å²) in [6.45, 7) is 0. The lowest BCUT2D eigenvalue weighted by Gasteiger charge is -2.03. The van der Waals surface area contributed by atoms with Gasteiger partial charge in [-0.2, -0.15) is 14.6 Å². The number of hydrogen-bond donors (Lipinski definition) is 1. The molecule has 2 heterocycles. The normalized spacial score (nSPS) is 11.0. The average Bonchev–Trinajstić information content (AvgIpc) is 3.00. The molecule has 4 rings (SSSR count). The molecule has 0 fully saturated rings. The van der Waals surface area contributed by atoms with Crippen LogP contribution in [0.2, 0.25) is 0 Å². The smallest absolute Gasteiger partial charge is 0.225 e. The van der Waals surface area contributed by atoms with E-state index >= 15 is 0 Å². The first-order valence-electron chi connectivity index (χ1n) is 7.05. The first kappa shape index (κ1) is 13.9. The van der Waals surface area contributed by atoms with Gasteiger partial charge in [0.1, 0.15) is 0 Å². The van der Waals surface area contributed by atoms with Crippen LogP contribution in [-0.4, -0.2) is 19.6 Å². The quantitative estimate of drug-likeness (QED) is 0.586. The number of rotatable bonds is 2. The van der Waals surface area contributed by atoms with Gasteiger partial charge in [0.25, 0.3) is 0 Å². The zero-order valence-corrected chi connectivity index (χ0v) is 13.6. The number of aromatic nitrogens is 4. The molecule has 0 amide bonds. The molecule has 0 saturated carbocycles. The Morgan fingerprint density at radius 1 is 0.870 bits per heavy atom. The van der Waals surface area contributed by atoms with Crippen molar-refractivity contribution < 1.29 is 0 Å². The van der Waals surface area contributed by atoms with E-state index in [1.54, 1.807) is 4.52 Å². The molecule has 112 valence electrons. The Morgan fingerprint density at radius 2 is 1.65 bits per heavy atom. The standard InChI is InChI=1S/C17H12BrN5/c18-13-8-4-7-12(9-13)16-20-15-10-14(11-5-2-1-3-6-11)22-23(15)17(19)21-16/h1-10H,(H2,19,20,21). The molecule has 0 bridgehead atoms. The van der Waals surface area contributed by atoms with Gasteiger partial charge in [-0.1, -0.05) is 58.4 Å². The fourth-order valence-corrected chi connectivity index (χ4v) is 2.81. The van der Waals surface area contributed by atoms with Gasteiger partial charge in [-0.05, 0) is 12.1 Å². The van der Waals surface area contributed by atoms with Gasteiger partial charge < -0.3 is 5.73 Å². The Bertz CT molecular complexity index is 994. The summed E-state index contributed by atoms with van der Waals surface area (Å²) in [5.41, 5.74) is 9.47. The fraction of sp³-hybridized carbons (Fsp3) is 0. The Hall–Kier alpha value is -2.73. The third-order valence-corrected chi connectivity index (χ3v) is 3.99. The predicted octanol–water partition coefficient (Wildman–Crippen LogP) is 3.80. The molecule has 23 heavy (non-hydrogen) atoms. The molecule has 0 radical (unpaired) electrons. The maximum atomic E-state index is 6.06. The summed E-state index contributed by atoms with van der Waals surface area (Å²) >= 11 is 3.46. The van der Waals surface area contributed by atoms with Gasteiger partial charge in [0.15, 0.2) is 11.5 Å². The molecule has 5 nitrogen and oxygen atoms in total. The summed E-state index contributed by atoms with van der Waals surface area (Å²) in [4.78, 5) is 8.95. The van der Waals surface area contributed by atoms with Crippen LogP contribution >= 0.6 is 15.9 Å². The monoisotopic (exact) mass is 365 g/mol. The second-order valence-electron chi connectivity index (χ2n) is 5.08. The van der Waals surface area contributed by atoms with Crippen LogP contribution in [0.5, 0.6) is 0 Å². The van der Waals surface area contributed by atoms with Crippen molar-refractivity contribution in [1.29, 1.82) is 0 Å². The Morgan fingerprint density at radius 3 is 2.43 bits per heavy atom. The van der Waals surface area contributed by atoms with Crippen molar-refractivity contribution in [2.24, 2.45) is 0 Å². The second kappa shape index (κ2) is 5.48. The molecule has 0 aliphatic carbocycles. The third-order valence-electron chi connectivity index (χ3n) is 3.50. The van der Waals surface area contributed by atoms with Gasteiger partial charge in [-0.15, -0.1) is 0 Å². The van der Waals surface area contributed by atoms with Gasteiger partial charge in [0.05, 0.1) is 5.69 Å². The van der Waals surface area contributed by atoms with E-state index < -0.39 is 0 Å². The molecule has 4 aromatic rings. The van der Waals surface area contributed by atoms with Crippen LogP contribution in [0.25, 0.3) is 28.3 Å². The van der Waals surface area contributed by atoms with Gasteiger partial charge in [-0.25, -0.2) is 4.98 Å². The highest BCUT2D eigenvalue weighted by Gasteiger charge is 2.11. The van der Waals surface area contributed by atoms with Crippen LogP contribution in [0.1, 0.15) is 0 Å². The van der Waals surface area contributed by atoms with Gasteiger partial charge >= 0.3 is 0 Å². The SMILES string of the molecule is Nc1nc(-c2cccc(Br)c2)nc2cc(-c3ccccc3)nn12. The molecule has 0 unspecified atom stereocenters. The summed E-state index contributed by atoms with van der Waals surface area (Å²) in [5.74, 6) is 0.892. The van der Waals surface area contributed by atoms with E-state index in [2.05, 4.69) is 31.0 Å². The lowest BCUT2D eigenvalue weighted by atomic mass is 10.2. The number of fused-ring (bicyclic) bond motifs is 1. The van der Waals surface area contributed by atoms with Gasteiger partial charge in [-0.3, -0.25) is 0 Å². The maximum Gasteiger partial charge on any atom is 0.225 e. The van der Waals surface area contributed by atoms with Crippen LogP contribution in [0, 0.1) is 0 Å². The molecule has 6 heteroatoms. The topological polar surface area (TPSA) is 69.1 Å². The highest BCUT2D eigenvalue weighted by molar-refractivity contribution is 9.10. The molecular weight excluding hydrogens is 354 g/mol. The van der Waals surface area contributed by atoms with Crippen LogP contribution in [0.15, 0.2) is 65.1 Å². The van der Waals surface area contributed by atoms with Crippen molar-refractivity contribution in [2.45, 2.75) is 0 Å². The van der Waals surface area contributed by atoms with Crippen LogP contribution in [0.4, 0.5) is 5.95 Å². The summed E-state index contributed by atoms with van der Waals surface area (Å²) < 4.78 is 2.53. The lowest BCUT2D eigenvalue weighted by Crippen LogP contribution is -2.05. The molecule has 2 aromatic heterocycles. The molecule has 0 aliphatic heterocycles. The van der Waals surface area contributed by atoms with Crippen molar-refractivity contribution >= 4 is 27.5 Å². The highest BCUT2D eigenvalue weighted by atomic mass is 79.9. The Kier molecular flexibility index (Phi) is 3.31. The predicted molar refractivity (Wildman–Crippen MR) is 93.8 cm³/mol. The number of anilines is 1. The van der Waals surface area contributed by atoms with E-state index in [4.69, 9.17) is 5.73 Å². The van der Waals surface area contributed by atoms with Crippen LogP contribution in [0.3, 0.4) is 0 Å². The lowest BCUT2D eigenvalue weighted by molar-refractivity contribution is 0.916. The largest absolute Gasteiger partial charge is 0.368 e. The molecule has 0 spiro atoms. The average molecular weight is 366 g/mol. The van der Waals surface area contributed by atoms with E-state index in [-0.39, 0.29) is 0 Å². The number of halogens is 1. The van der Waals surface area contributed by atoms with E-state index in [9.17, 15) is 0 Å². The van der Waals surface area contributed by atoms with Crippen molar-refractivity contribution in [3.63, 3.8) is 0 Å². The summed E-state index contributed by atoms with van der Waals surface area (Å²) in [6, 6.07) is 19.6. The second-order valence-corrected chi connectivity index (χ2v) is 6.00. The van der Waals surface area contributed by atoms with E-state index in [0.717, 1.165) is 21.3 Å². The fourth-order valence-electron chi connectivity index (χ4n) is 2.42. The summed E-state index contributed by atoms with van der Waals surface area (Å²) in [5, 5.41) is 4.49. The molecule has 0 saturated heterocycles. The summed E-state index contributed by atoms with van der Waals surface area (Å²) in [6.07, 6.45) is 0. The molecular formula is C17H12BrN5. The van der Waals surface area contributed by atoms with Crippen LogP contribution in [-0.2, 0) is 0 Å². The molecule has 0 aliphatic rings.